The molecule has 1 N–H and O–H groups in total. The fraction of sp³-hybridized carbons (Fsp3) is 0.786. The maximum absolute atomic E-state index is 11.1. The third-order valence-electron chi connectivity index (χ3n) is 2.21. The third-order valence-corrected chi connectivity index (χ3v) is 2.21. The number of esters is 1. The van der Waals surface area contributed by atoms with Crippen LogP contribution in [0.25, 0.3) is 0 Å². The molecule has 0 heterocycles. The molecule has 0 atom stereocenters. The third kappa shape index (κ3) is 10.1. The molecule has 0 aromatic heterocycles. The van der Waals surface area contributed by atoms with Gasteiger partial charge in [0.1, 0.15) is 0 Å². The summed E-state index contributed by atoms with van der Waals surface area (Å²) in [6.07, 6.45) is 4.36. The monoisotopic (exact) mass is 241 g/mol. The van der Waals surface area contributed by atoms with Crippen LogP contribution in [0.1, 0.15) is 48.0 Å². The van der Waals surface area contributed by atoms with Gasteiger partial charge in [-0.25, -0.2) is 4.79 Å². The number of ether oxygens (including phenoxy) is 1. The largest absolute Gasteiger partial charge is 0.463 e. The molecule has 0 aromatic carbocycles. The smallest absolute Gasteiger partial charge is 0.330 e. The lowest BCUT2D eigenvalue weighted by Gasteiger charge is -2.33. The van der Waals surface area contributed by atoms with E-state index in [-0.39, 0.29) is 11.5 Å². The molecule has 0 radical (unpaired) electrons. The molecule has 3 heteroatoms. The minimum Gasteiger partial charge on any atom is -0.463 e. The molecule has 0 unspecified atom stereocenters. The van der Waals surface area contributed by atoms with Crippen LogP contribution in [-0.2, 0) is 9.53 Å². The normalized spacial score (nSPS) is 13.1. The summed E-state index contributed by atoms with van der Waals surface area (Å²) in [5, 5.41) is 3.42. The Balaban J connectivity index is 3.99. The molecule has 0 bridgehead atoms. The lowest BCUT2D eigenvalue weighted by Crippen LogP contribution is -2.42. The Morgan fingerprint density at radius 1 is 1.24 bits per heavy atom. The molecule has 0 amide bonds. The molecule has 0 fully saturated rings. The van der Waals surface area contributed by atoms with Crippen LogP contribution in [0.4, 0.5) is 0 Å². The van der Waals surface area contributed by atoms with Gasteiger partial charge in [-0.2, -0.15) is 0 Å². The van der Waals surface area contributed by atoms with Gasteiger partial charge in [-0.05, 0) is 32.6 Å². The van der Waals surface area contributed by atoms with Gasteiger partial charge in [0.05, 0.1) is 6.61 Å². The van der Waals surface area contributed by atoms with Crippen molar-refractivity contribution in [2.45, 2.75) is 53.5 Å². The molecular formula is C14H27NO2. The minimum absolute atomic E-state index is 0.0667. The molecule has 0 aliphatic rings. The molecule has 0 aliphatic carbocycles. The van der Waals surface area contributed by atoms with E-state index in [2.05, 4.69) is 39.9 Å². The van der Waals surface area contributed by atoms with Gasteiger partial charge in [0.25, 0.3) is 0 Å². The van der Waals surface area contributed by atoms with Crippen LogP contribution in [0, 0.1) is 5.41 Å². The van der Waals surface area contributed by atoms with Crippen LogP contribution in [0.5, 0.6) is 0 Å². The van der Waals surface area contributed by atoms with E-state index in [1.807, 2.05) is 6.08 Å². The molecule has 100 valence electrons. The van der Waals surface area contributed by atoms with Gasteiger partial charge in [-0.15, -0.1) is 0 Å². The van der Waals surface area contributed by atoms with Crippen molar-refractivity contribution in [3.63, 3.8) is 0 Å². The highest BCUT2D eigenvalue weighted by molar-refractivity contribution is 5.81. The van der Waals surface area contributed by atoms with Gasteiger partial charge < -0.3 is 10.1 Å². The van der Waals surface area contributed by atoms with Crippen molar-refractivity contribution in [1.82, 2.24) is 5.32 Å². The minimum atomic E-state index is -0.275. The van der Waals surface area contributed by atoms with Gasteiger partial charge >= 0.3 is 5.97 Å². The number of carbonyl (C=O) groups is 1. The van der Waals surface area contributed by atoms with Gasteiger partial charge in [0, 0.05) is 18.2 Å². The summed E-state index contributed by atoms with van der Waals surface area (Å²) in [4.78, 5) is 11.1. The number of nitrogens with one attached hydrogen (secondary N) is 1. The highest BCUT2D eigenvalue weighted by Crippen LogP contribution is 2.26. The van der Waals surface area contributed by atoms with E-state index in [1.54, 1.807) is 6.92 Å². The lowest BCUT2D eigenvalue weighted by molar-refractivity contribution is -0.137. The Kier molecular flexibility index (Phi) is 6.46. The Labute approximate surface area is 106 Å². The van der Waals surface area contributed by atoms with Crippen LogP contribution in [0.2, 0.25) is 0 Å². The predicted molar refractivity (Wildman–Crippen MR) is 71.9 cm³/mol. The van der Waals surface area contributed by atoms with Crippen LogP contribution in [0.15, 0.2) is 12.2 Å². The van der Waals surface area contributed by atoms with Crippen LogP contribution in [0.3, 0.4) is 0 Å². The van der Waals surface area contributed by atoms with Gasteiger partial charge in [0.15, 0.2) is 0 Å². The standard InChI is InChI=1S/C14H27NO2/c1-7-17-12(16)9-8-10-15-14(5,6)11-13(2,3)4/h8-9,15H,7,10-11H2,1-6H3/b9-8+. The lowest BCUT2D eigenvalue weighted by atomic mass is 9.82. The van der Waals surface area contributed by atoms with Gasteiger partial charge in [-0.3, -0.25) is 0 Å². The molecule has 3 nitrogen and oxygen atoms in total. The number of hydrogen-bond donors (Lipinski definition) is 1. The Hall–Kier alpha value is -0.830. The van der Waals surface area contributed by atoms with E-state index >= 15 is 0 Å². The van der Waals surface area contributed by atoms with Crippen molar-refractivity contribution in [1.29, 1.82) is 0 Å². The quantitative estimate of drug-likeness (QED) is 0.574. The first-order chi connectivity index (χ1) is 7.66. The Bertz CT molecular complexity index is 262. The van der Waals surface area contributed by atoms with Crippen molar-refractivity contribution >= 4 is 5.97 Å². The van der Waals surface area contributed by atoms with E-state index in [1.165, 1.54) is 6.08 Å². The summed E-state index contributed by atoms with van der Waals surface area (Å²) in [5.41, 5.74) is 0.360. The van der Waals surface area contributed by atoms with E-state index in [0.29, 0.717) is 18.6 Å². The molecule has 0 aliphatic heterocycles. The summed E-state index contributed by atoms with van der Waals surface area (Å²) < 4.78 is 4.80. The van der Waals surface area contributed by atoms with Crippen molar-refractivity contribution in [3.05, 3.63) is 12.2 Å². The molecule has 0 aromatic rings. The Morgan fingerprint density at radius 3 is 2.29 bits per heavy atom. The van der Waals surface area contributed by atoms with Gasteiger partial charge in [-0.1, -0.05) is 26.8 Å². The summed E-state index contributed by atoms with van der Waals surface area (Å²) in [5.74, 6) is -0.275. The van der Waals surface area contributed by atoms with Crippen molar-refractivity contribution in [2.24, 2.45) is 5.41 Å². The second kappa shape index (κ2) is 6.80. The number of rotatable bonds is 6. The van der Waals surface area contributed by atoms with E-state index in [0.717, 1.165) is 6.42 Å². The number of hydrogen-bond acceptors (Lipinski definition) is 3. The SMILES string of the molecule is CCOC(=O)/C=C/CNC(C)(C)CC(C)(C)C. The average Bonchev–Trinajstić information content (AvgIpc) is 2.09. The van der Waals surface area contributed by atoms with Crippen molar-refractivity contribution < 1.29 is 9.53 Å². The molecular weight excluding hydrogens is 214 g/mol. The van der Waals surface area contributed by atoms with Crippen molar-refractivity contribution in [3.8, 4) is 0 Å². The molecule has 0 saturated heterocycles. The summed E-state index contributed by atoms with van der Waals surface area (Å²) in [6.45, 7) is 13.9. The number of carbonyl (C=O) groups excluding carboxylic acids is 1. The summed E-state index contributed by atoms with van der Waals surface area (Å²) >= 11 is 0. The summed E-state index contributed by atoms with van der Waals surface area (Å²) in [7, 11) is 0. The highest BCUT2D eigenvalue weighted by Gasteiger charge is 2.24. The zero-order valence-electron chi connectivity index (χ0n) is 12.1. The maximum atomic E-state index is 11.1. The molecule has 0 spiro atoms. The fourth-order valence-corrected chi connectivity index (χ4v) is 2.07. The first-order valence-electron chi connectivity index (χ1n) is 6.24. The second-order valence-electron chi connectivity index (χ2n) is 6.16. The van der Waals surface area contributed by atoms with Crippen LogP contribution < -0.4 is 5.32 Å². The first-order valence-corrected chi connectivity index (χ1v) is 6.24. The first kappa shape index (κ1) is 16.2. The molecule has 0 rings (SSSR count). The van der Waals surface area contributed by atoms with E-state index in [9.17, 15) is 4.79 Å². The fourth-order valence-electron chi connectivity index (χ4n) is 2.07. The Morgan fingerprint density at radius 2 is 1.82 bits per heavy atom. The van der Waals surface area contributed by atoms with E-state index < -0.39 is 0 Å². The average molecular weight is 241 g/mol. The second-order valence-corrected chi connectivity index (χ2v) is 6.16. The maximum Gasteiger partial charge on any atom is 0.330 e. The van der Waals surface area contributed by atoms with Crippen LogP contribution >= 0.6 is 0 Å². The predicted octanol–water partition coefficient (Wildman–Crippen LogP) is 2.91. The molecule has 17 heavy (non-hydrogen) atoms. The topological polar surface area (TPSA) is 38.3 Å². The van der Waals surface area contributed by atoms with Crippen LogP contribution in [-0.4, -0.2) is 24.7 Å². The van der Waals surface area contributed by atoms with Crippen molar-refractivity contribution in [2.75, 3.05) is 13.2 Å². The molecule has 0 saturated carbocycles. The zero-order valence-corrected chi connectivity index (χ0v) is 12.1. The zero-order chi connectivity index (χ0) is 13.5. The van der Waals surface area contributed by atoms with E-state index in [4.69, 9.17) is 4.74 Å². The highest BCUT2D eigenvalue weighted by atomic mass is 16.5. The summed E-state index contributed by atoms with van der Waals surface area (Å²) in [6, 6.07) is 0. The van der Waals surface area contributed by atoms with Gasteiger partial charge in [0.2, 0.25) is 0 Å².